The van der Waals surface area contributed by atoms with Gasteiger partial charge in [-0.15, -0.1) is 0 Å². The fourth-order valence-electron chi connectivity index (χ4n) is 4.31. The third-order valence-corrected chi connectivity index (χ3v) is 5.92. The van der Waals surface area contributed by atoms with Gasteiger partial charge in [-0.25, -0.2) is 4.98 Å². The van der Waals surface area contributed by atoms with Crippen LogP contribution in [0.15, 0.2) is 47.1 Å². The molecule has 0 fully saturated rings. The number of carbonyl (C=O) groups is 1. The molecule has 35 heavy (non-hydrogen) atoms. The highest BCUT2D eigenvalue weighted by Crippen LogP contribution is 2.46. The van der Waals surface area contributed by atoms with E-state index in [4.69, 9.17) is 14.0 Å². The summed E-state index contributed by atoms with van der Waals surface area (Å²) in [6.07, 6.45) is 1.67. The summed E-state index contributed by atoms with van der Waals surface area (Å²) in [5.41, 5.74) is 4.43. The molecule has 0 saturated heterocycles. The molecule has 10 heteroatoms. The molecule has 4 aromatic rings. The van der Waals surface area contributed by atoms with Crippen LogP contribution in [0.5, 0.6) is 5.88 Å². The van der Waals surface area contributed by atoms with Gasteiger partial charge in [-0.05, 0) is 42.3 Å². The molecule has 3 aromatic heterocycles. The van der Waals surface area contributed by atoms with Crippen molar-refractivity contribution in [3.63, 3.8) is 0 Å². The van der Waals surface area contributed by atoms with Crippen LogP contribution < -0.4 is 9.64 Å². The lowest BCUT2D eigenvalue weighted by Gasteiger charge is -2.28. The number of nitrogens with one attached hydrogen (secondary N) is 1. The number of ether oxygens (including phenoxy) is 2. The second-order valence-electron chi connectivity index (χ2n) is 8.55. The van der Waals surface area contributed by atoms with Crippen LogP contribution in [0.4, 0.5) is 5.69 Å². The van der Waals surface area contributed by atoms with Crippen molar-refractivity contribution in [3.05, 3.63) is 71.0 Å². The second-order valence-corrected chi connectivity index (χ2v) is 8.55. The Hall–Kier alpha value is -4.05. The molecular weight excluding hydrogens is 448 g/mol. The van der Waals surface area contributed by atoms with E-state index in [1.165, 1.54) is 0 Å². The number of H-pyrrole nitrogens is 1. The zero-order valence-corrected chi connectivity index (χ0v) is 20.0. The number of aromatic amines is 1. The summed E-state index contributed by atoms with van der Waals surface area (Å²) in [7, 11) is 1.62. The van der Waals surface area contributed by atoms with Gasteiger partial charge in [0.1, 0.15) is 6.61 Å². The van der Waals surface area contributed by atoms with Crippen molar-refractivity contribution < 1.29 is 18.8 Å². The van der Waals surface area contributed by atoms with Gasteiger partial charge in [0.15, 0.2) is 5.69 Å². The number of aryl methyl sites for hydroxylation is 1. The summed E-state index contributed by atoms with van der Waals surface area (Å²) >= 11 is 0. The number of methoxy groups -OCH3 is 1. The highest BCUT2D eigenvalue weighted by Gasteiger charge is 2.44. The van der Waals surface area contributed by atoms with Gasteiger partial charge in [0.25, 0.3) is 5.91 Å². The van der Waals surface area contributed by atoms with E-state index in [1.54, 1.807) is 25.1 Å². The Morgan fingerprint density at radius 1 is 1.17 bits per heavy atom. The van der Waals surface area contributed by atoms with Crippen LogP contribution in [0.3, 0.4) is 0 Å². The molecular formula is C25H26N6O4. The number of hydrogen-bond donors (Lipinski definition) is 1. The molecule has 1 atom stereocenters. The molecule has 0 aliphatic carbocycles. The summed E-state index contributed by atoms with van der Waals surface area (Å²) in [6.45, 7) is 6.65. The number of benzene rings is 1. The molecule has 1 N–H and O–H groups in total. The molecule has 10 nitrogen and oxygen atoms in total. The average Bonchev–Trinajstić information content (AvgIpc) is 3.56. The SMILES string of the molecule is COCCOc1ncccc1C1c2c(n[nH]c2C(C)C)C(=O)N1c1ccc(-c2noc(C)n2)cc1. The quantitative estimate of drug-likeness (QED) is 0.380. The minimum atomic E-state index is -0.460. The first-order valence-corrected chi connectivity index (χ1v) is 11.4. The van der Waals surface area contributed by atoms with Gasteiger partial charge in [-0.1, -0.05) is 19.0 Å². The van der Waals surface area contributed by atoms with Crippen LogP contribution in [0.2, 0.25) is 0 Å². The van der Waals surface area contributed by atoms with E-state index in [2.05, 4.69) is 39.2 Å². The smallest absolute Gasteiger partial charge is 0.280 e. The molecule has 5 rings (SSSR count). The molecule has 4 heterocycles. The molecule has 0 radical (unpaired) electrons. The van der Waals surface area contributed by atoms with Gasteiger partial charge in [0.2, 0.25) is 17.6 Å². The van der Waals surface area contributed by atoms with E-state index in [9.17, 15) is 4.79 Å². The third kappa shape index (κ3) is 4.06. The second kappa shape index (κ2) is 9.30. The maximum atomic E-state index is 13.7. The summed E-state index contributed by atoms with van der Waals surface area (Å²) in [4.78, 5) is 24.2. The Morgan fingerprint density at radius 3 is 2.66 bits per heavy atom. The van der Waals surface area contributed by atoms with E-state index >= 15 is 0 Å². The predicted octanol–water partition coefficient (Wildman–Crippen LogP) is 4.06. The summed E-state index contributed by atoms with van der Waals surface area (Å²) in [5, 5.41) is 11.4. The van der Waals surface area contributed by atoms with Crippen LogP contribution in [-0.2, 0) is 4.74 Å². The molecule has 0 spiro atoms. The van der Waals surface area contributed by atoms with Gasteiger partial charge in [-0.3, -0.25) is 14.8 Å². The lowest BCUT2D eigenvalue weighted by molar-refractivity contribution is 0.0988. The zero-order chi connectivity index (χ0) is 24.5. The third-order valence-electron chi connectivity index (χ3n) is 5.92. The molecule has 1 amide bonds. The maximum absolute atomic E-state index is 13.7. The number of rotatable bonds is 8. The van der Waals surface area contributed by atoms with Crippen LogP contribution in [0.25, 0.3) is 11.4 Å². The molecule has 1 aromatic carbocycles. The number of hydrogen-bond acceptors (Lipinski definition) is 8. The number of carbonyl (C=O) groups excluding carboxylic acids is 1. The molecule has 1 unspecified atom stereocenters. The molecule has 1 aliphatic heterocycles. The lowest BCUT2D eigenvalue weighted by Crippen LogP contribution is -2.30. The first-order valence-electron chi connectivity index (χ1n) is 11.4. The summed E-state index contributed by atoms with van der Waals surface area (Å²) in [5.74, 6) is 1.38. The largest absolute Gasteiger partial charge is 0.475 e. The minimum Gasteiger partial charge on any atom is -0.475 e. The normalized spacial score (nSPS) is 15.2. The number of nitrogens with zero attached hydrogens (tertiary/aromatic N) is 5. The summed E-state index contributed by atoms with van der Waals surface area (Å²) < 4.78 is 16.2. The van der Waals surface area contributed by atoms with E-state index in [-0.39, 0.29) is 11.8 Å². The Kier molecular flexibility index (Phi) is 6.04. The Bertz CT molecular complexity index is 1340. The van der Waals surface area contributed by atoms with Crippen molar-refractivity contribution in [3.8, 4) is 17.3 Å². The Labute approximate surface area is 202 Å². The number of fused-ring (bicyclic) bond motifs is 1. The van der Waals surface area contributed by atoms with Crippen LogP contribution >= 0.6 is 0 Å². The monoisotopic (exact) mass is 474 g/mol. The standard InChI is InChI=1S/C25H26N6O4/c1-14(2)20-19-21(29-28-20)25(32)31(17-9-7-16(8-10-17)23-27-15(3)35-30-23)22(19)18-6-5-11-26-24(18)34-13-12-33-4/h5-11,14,22H,12-13H2,1-4H3,(H,28,29). The zero-order valence-electron chi connectivity index (χ0n) is 20.0. The van der Waals surface area contributed by atoms with Crippen molar-refractivity contribution >= 4 is 11.6 Å². The van der Waals surface area contributed by atoms with E-state index in [0.29, 0.717) is 42.2 Å². The van der Waals surface area contributed by atoms with Gasteiger partial charge in [0.05, 0.1) is 12.6 Å². The highest BCUT2D eigenvalue weighted by molar-refractivity contribution is 6.10. The first kappa shape index (κ1) is 22.7. The number of anilines is 1. The van der Waals surface area contributed by atoms with Gasteiger partial charge < -0.3 is 14.0 Å². The van der Waals surface area contributed by atoms with Gasteiger partial charge in [0, 0.05) is 48.3 Å². The molecule has 0 bridgehead atoms. The Morgan fingerprint density at radius 2 is 1.97 bits per heavy atom. The highest BCUT2D eigenvalue weighted by atomic mass is 16.5. The summed E-state index contributed by atoms with van der Waals surface area (Å²) in [6, 6.07) is 10.8. The van der Waals surface area contributed by atoms with Crippen LogP contribution in [0.1, 0.15) is 59.0 Å². The number of aromatic nitrogens is 5. The first-order chi connectivity index (χ1) is 17.0. The molecule has 0 saturated carbocycles. The van der Waals surface area contributed by atoms with Crippen molar-refractivity contribution in [2.75, 3.05) is 25.2 Å². The van der Waals surface area contributed by atoms with Gasteiger partial charge in [-0.2, -0.15) is 10.1 Å². The van der Waals surface area contributed by atoms with Crippen molar-refractivity contribution in [2.45, 2.75) is 32.7 Å². The molecule has 180 valence electrons. The van der Waals surface area contributed by atoms with E-state index in [0.717, 1.165) is 22.4 Å². The predicted molar refractivity (Wildman–Crippen MR) is 127 cm³/mol. The van der Waals surface area contributed by atoms with Crippen molar-refractivity contribution in [2.24, 2.45) is 0 Å². The van der Waals surface area contributed by atoms with Gasteiger partial charge >= 0.3 is 0 Å². The van der Waals surface area contributed by atoms with Crippen LogP contribution in [-0.4, -0.2) is 51.6 Å². The fourth-order valence-corrected chi connectivity index (χ4v) is 4.31. The molecule has 1 aliphatic rings. The van der Waals surface area contributed by atoms with E-state index in [1.807, 2.05) is 36.4 Å². The van der Waals surface area contributed by atoms with Crippen LogP contribution in [0, 0.1) is 6.92 Å². The number of pyridine rings is 1. The fraction of sp³-hybridized carbons (Fsp3) is 0.320. The topological polar surface area (TPSA) is 119 Å². The Balaban J connectivity index is 1.60. The lowest BCUT2D eigenvalue weighted by atomic mass is 9.95. The number of amides is 1. The van der Waals surface area contributed by atoms with E-state index < -0.39 is 6.04 Å². The minimum absolute atomic E-state index is 0.139. The average molecular weight is 475 g/mol. The van der Waals surface area contributed by atoms with Crippen molar-refractivity contribution in [1.29, 1.82) is 0 Å². The van der Waals surface area contributed by atoms with Crippen molar-refractivity contribution in [1.82, 2.24) is 25.3 Å². The maximum Gasteiger partial charge on any atom is 0.280 e.